The molecule has 1 aromatic heterocycles. The summed E-state index contributed by atoms with van der Waals surface area (Å²) in [6.07, 6.45) is -0.00255. The summed E-state index contributed by atoms with van der Waals surface area (Å²) in [7, 11) is 1.53. The molecule has 1 aromatic carbocycles. The van der Waals surface area contributed by atoms with Crippen molar-refractivity contribution in [2.45, 2.75) is 19.0 Å². The third kappa shape index (κ3) is 4.21. The maximum absolute atomic E-state index is 11.0. The summed E-state index contributed by atoms with van der Waals surface area (Å²) >= 11 is 1.51. The van der Waals surface area contributed by atoms with Crippen LogP contribution in [-0.4, -0.2) is 23.3 Å². The Morgan fingerprint density at radius 1 is 1.43 bits per heavy atom. The van der Waals surface area contributed by atoms with E-state index in [4.69, 9.17) is 9.84 Å². The minimum Gasteiger partial charge on any atom is -0.507 e. The molecule has 0 fully saturated rings. The van der Waals surface area contributed by atoms with E-state index in [-0.39, 0.29) is 18.2 Å². The molecule has 0 radical (unpaired) electrons. The molecule has 2 aromatic rings. The quantitative estimate of drug-likeness (QED) is 0.733. The number of ether oxygens (including phenoxy) is 1. The first-order chi connectivity index (χ1) is 10.1. The lowest BCUT2D eigenvalue weighted by atomic mass is 10.1. The maximum Gasteiger partial charge on any atom is 0.305 e. The van der Waals surface area contributed by atoms with Crippen molar-refractivity contribution in [1.29, 1.82) is 0 Å². The highest BCUT2D eigenvalue weighted by molar-refractivity contribution is 7.10. The fourth-order valence-corrected chi connectivity index (χ4v) is 2.79. The molecule has 2 rings (SSSR count). The lowest BCUT2D eigenvalue weighted by Crippen LogP contribution is -2.22. The van der Waals surface area contributed by atoms with Crippen molar-refractivity contribution < 1.29 is 19.7 Å². The number of carboxylic acid groups (broad SMARTS) is 1. The zero-order chi connectivity index (χ0) is 15.2. The highest BCUT2D eigenvalue weighted by Crippen LogP contribution is 2.26. The third-order valence-corrected chi connectivity index (χ3v) is 4.08. The predicted octanol–water partition coefficient (Wildman–Crippen LogP) is 2.77. The topological polar surface area (TPSA) is 78.8 Å². The number of methoxy groups -OCH3 is 1. The second-order valence-electron chi connectivity index (χ2n) is 4.54. The summed E-state index contributed by atoms with van der Waals surface area (Å²) in [4.78, 5) is 11.9. The van der Waals surface area contributed by atoms with Crippen LogP contribution in [0.4, 0.5) is 0 Å². The first kappa shape index (κ1) is 15.3. The van der Waals surface area contributed by atoms with Crippen LogP contribution >= 0.6 is 11.3 Å². The van der Waals surface area contributed by atoms with E-state index in [1.165, 1.54) is 24.5 Å². The Labute approximate surface area is 126 Å². The zero-order valence-electron chi connectivity index (χ0n) is 11.6. The molecule has 0 aliphatic carbocycles. The van der Waals surface area contributed by atoms with Crippen LogP contribution in [0.3, 0.4) is 0 Å². The molecule has 0 amide bonds. The largest absolute Gasteiger partial charge is 0.507 e. The molecule has 0 spiro atoms. The lowest BCUT2D eigenvalue weighted by molar-refractivity contribution is -0.137. The van der Waals surface area contributed by atoms with E-state index in [0.29, 0.717) is 17.9 Å². The maximum atomic E-state index is 11.0. The monoisotopic (exact) mass is 307 g/mol. The third-order valence-electron chi connectivity index (χ3n) is 3.10. The average molecular weight is 307 g/mol. The molecular weight excluding hydrogens is 290 g/mol. The summed E-state index contributed by atoms with van der Waals surface area (Å²) in [5.74, 6) is -0.154. The first-order valence-electron chi connectivity index (χ1n) is 6.44. The minimum absolute atomic E-state index is 0.00255. The summed E-state index contributed by atoms with van der Waals surface area (Å²) in [5.41, 5.74) is 0.697. The number of nitrogens with one attached hydrogen (secondary N) is 1. The molecule has 5 nitrogen and oxygen atoms in total. The van der Waals surface area contributed by atoms with Crippen LogP contribution in [0.2, 0.25) is 0 Å². The predicted molar refractivity (Wildman–Crippen MR) is 80.8 cm³/mol. The number of rotatable bonds is 7. The van der Waals surface area contributed by atoms with Crippen LogP contribution in [0.5, 0.6) is 11.5 Å². The molecule has 1 unspecified atom stereocenters. The second-order valence-corrected chi connectivity index (χ2v) is 5.52. The average Bonchev–Trinajstić information content (AvgIpc) is 2.98. The standard InChI is InChI=1S/C15H17NO4S/c1-20-11-5-4-10(13(17)7-11)9-16-12(8-15(18)19)14-3-2-6-21-14/h2-7,12,16-17H,8-9H2,1H3,(H,18,19). The molecule has 3 N–H and O–H groups in total. The molecule has 0 saturated heterocycles. The fraction of sp³-hybridized carbons (Fsp3) is 0.267. The van der Waals surface area contributed by atoms with Gasteiger partial charge in [-0.2, -0.15) is 0 Å². The SMILES string of the molecule is COc1ccc(CNC(CC(=O)O)c2cccs2)c(O)c1. The van der Waals surface area contributed by atoms with Gasteiger partial charge in [0.15, 0.2) is 0 Å². The molecule has 21 heavy (non-hydrogen) atoms. The van der Waals surface area contributed by atoms with E-state index < -0.39 is 5.97 Å². The highest BCUT2D eigenvalue weighted by atomic mass is 32.1. The van der Waals surface area contributed by atoms with E-state index in [9.17, 15) is 9.90 Å². The molecule has 6 heteroatoms. The van der Waals surface area contributed by atoms with Gasteiger partial charge in [-0.25, -0.2) is 0 Å². The molecule has 0 aliphatic heterocycles. The molecule has 1 heterocycles. The number of thiophene rings is 1. The normalized spacial score (nSPS) is 12.0. The first-order valence-corrected chi connectivity index (χ1v) is 7.32. The van der Waals surface area contributed by atoms with Crippen LogP contribution in [0.25, 0.3) is 0 Å². The number of hydrogen-bond acceptors (Lipinski definition) is 5. The van der Waals surface area contributed by atoms with Crippen molar-refractivity contribution in [3.05, 3.63) is 46.2 Å². The fourth-order valence-electron chi connectivity index (χ4n) is 1.99. The van der Waals surface area contributed by atoms with Crippen LogP contribution in [0.15, 0.2) is 35.7 Å². The van der Waals surface area contributed by atoms with Crippen molar-refractivity contribution in [2.75, 3.05) is 7.11 Å². The summed E-state index contributed by atoms with van der Waals surface area (Å²) in [6, 6.07) is 8.57. The van der Waals surface area contributed by atoms with Gasteiger partial charge in [0.05, 0.1) is 19.6 Å². The highest BCUT2D eigenvalue weighted by Gasteiger charge is 2.16. The van der Waals surface area contributed by atoms with Gasteiger partial charge in [0.25, 0.3) is 0 Å². The van der Waals surface area contributed by atoms with Gasteiger partial charge in [-0.05, 0) is 17.5 Å². The van der Waals surface area contributed by atoms with Gasteiger partial charge in [0.2, 0.25) is 0 Å². The molecule has 0 aliphatic rings. The number of aromatic hydroxyl groups is 1. The number of phenols is 1. The van der Waals surface area contributed by atoms with Gasteiger partial charge < -0.3 is 20.3 Å². The Balaban J connectivity index is 2.06. The number of carbonyl (C=O) groups is 1. The van der Waals surface area contributed by atoms with Crippen molar-refractivity contribution in [3.8, 4) is 11.5 Å². The van der Waals surface area contributed by atoms with Gasteiger partial charge in [0.1, 0.15) is 11.5 Å². The van der Waals surface area contributed by atoms with Crippen molar-refractivity contribution in [3.63, 3.8) is 0 Å². The van der Waals surface area contributed by atoms with Gasteiger partial charge in [-0.1, -0.05) is 12.1 Å². The van der Waals surface area contributed by atoms with Crippen molar-refractivity contribution in [2.24, 2.45) is 0 Å². The number of aliphatic carboxylic acids is 1. The summed E-state index contributed by atoms with van der Waals surface area (Å²) < 4.78 is 5.03. The van der Waals surface area contributed by atoms with Gasteiger partial charge in [0, 0.05) is 23.1 Å². The Hall–Kier alpha value is -2.05. The van der Waals surface area contributed by atoms with Crippen molar-refractivity contribution >= 4 is 17.3 Å². The molecule has 112 valence electrons. The number of phenolic OH excluding ortho intramolecular Hbond substituents is 1. The van der Waals surface area contributed by atoms with Gasteiger partial charge in [-0.15, -0.1) is 11.3 Å². The van der Waals surface area contributed by atoms with Crippen LogP contribution in [0.1, 0.15) is 22.9 Å². The number of benzene rings is 1. The smallest absolute Gasteiger partial charge is 0.305 e. The van der Waals surface area contributed by atoms with Gasteiger partial charge in [-0.3, -0.25) is 4.79 Å². The number of hydrogen-bond donors (Lipinski definition) is 3. The van der Waals surface area contributed by atoms with Crippen molar-refractivity contribution in [1.82, 2.24) is 5.32 Å². The van der Waals surface area contributed by atoms with Gasteiger partial charge >= 0.3 is 5.97 Å². The second kappa shape index (κ2) is 7.10. The Morgan fingerprint density at radius 2 is 2.24 bits per heavy atom. The summed E-state index contributed by atoms with van der Waals surface area (Å²) in [5, 5.41) is 24.0. The lowest BCUT2D eigenvalue weighted by Gasteiger charge is -2.16. The molecule has 0 saturated carbocycles. The van der Waals surface area contributed by atoms with E-state index in [1.54, 1.807) is 12.1 Å². The number of carboxylic acids is 1. The van der Waals surface area contributed by atoms with Crippen LogP contribution in [0, 0.1) is 0 Å². The Bertz CT molecular complexity index is 598. The molecule has 1 atom stereocenters. The molecule has 0 bridgehead atoms. The van der Waals surface area contributed by atoms with E-state index in [2.05, 4.69) is 5.32 Å². The minimum atomic E-state index is -0.861. The van der Waals surface area contributed by atoms with E-state index in [1.807, 2.05) is 17.5 Å². The van der Waals surface area contributed by atoms with E-state index in [0.717, 1.165) is 4.88 Å². The Morgan fingerprint density at radius 3 is 2.81 bits per heavy atom. The Kier molecular flexibility index (Phi) is 5.19. The van der Waals surface area contributed by atoms with Crippen LogP contribution < -0.4 is 10.1 Å². The zero-order valence-corrected chi connectivity index (χ0v) is 12.4. The van der Waals surface area contributed by atoms with Crippen LogP contribution in [-0.2, 0) is 11.3 Å². The molecular formula is C15H17NO4S. The summed E-state index contributed by atoms with van der Waals surface area (Å²) in [6.45, 7) is 0.381. The van der Waals surface area contributed by atoms with E-state index >= 15 is 0 Å².